The van der Waals surface area contributed by atoms with Crippen molar-refractivity contribution < 1.29 is 0 Å². The second kappa shape index (κ2) is 4.96. The van der Waals surface area contributed by atoms with E-state index >= 15 is 0 Å². The minimum atomic E-state index is 0.440. The van der Waals surface area contributed by atoms with Gasteiger partial charge in [0.2, 0.25) is 0 Å². The molecule has 0 fully saturated rings. The molecule has 0 aliphatic rings. The summed E-state index contributed by atoms with van der Waals surface area (Å²) in [6.07, 6.45) is 2.88. The molecular formula is C11H19N3. The molecule has 0 aliphatic carbocycles. The van der Waals surface area contributed by atoms with Crippen molar-refractivity contribution in [2.75, 3.05) is 18.5 Å². The second-order valence-corrected chi connectivity index (χ2v) is 3.73. The van der Waals surface area contributed by atoms with Gasteiger partial charge in [-0.25, -0.2) is 4.98 Å². The molecule has 0 aliphatic heterocycles. The van der Waals surface area contributed by atoms with E-state index in [4.69, 9.17) is 5.73 Å². The maximum Gasteiger partial charge on any atom is 0.128 e. The van der Waals surface area contributed by atoms with Crippen LogP contribution in [0.5, 0.6) is 0 Å². The van der Waals surface area contributed by atoms with E-state index in [1.807, 2.05) is 19.2 Å². The van der Waals surface area contributed by atoms with Crippen molar-refractivity contribution in [2.45, 2.75) is 26.3 Å². The summed E-state index contributed by atoms with van der Waals surface area (Å²) in [5.41, 5.74) is 6.71. The van der Waals surface area contributed by atoms with Crippen LogP contribution in [0.2, 0.25) is 0 Å². The molecule has 0 amide bonds. The van der Waals surface area contributed by atoms with Crippen LogP contribution >= 0.6 is 0 Å². The fraction of sp³-hybridized carbons (Fsp3) is 0.545. The van der Waals surface area contributed by atoms with E-state index in [1.165, 1.54) is 5.56 Å². The number of pyridine rings is 1. The molecular weight excluding hydrogens is 174 g/mol. The van der Waals surface area contributed by atoms with Crippen molar-refractivity contribution >= 4 is 5.82 Å². The van der Waals surface area contributed by atoms with Crippen molar-refractivity contribution in [1.29, 1.82) is 0 Å². The highest BCUT2D eigenvalue weighted by Crippen LogP contribution is 2.13. The summed E-state index contributed by atoms with van der Waals surface area (Å²) in [6, 6.07) is 4.56. The third-order valence-corrected chi connectivity index (χ3v) is 2.50. The predicted octanol–water partition coefficient (Wildman–Crippen LogP) is 1.56. The molecule has 78 valence electrons. The van der Waals surface area contributed by atoms with Crippen LogP contribution in [0, 0.1) is 6.92 Å². The lowest BCUT2D eigenvalue weighted by Crippen LogP contribution is -2.31. The molecule has 0 saturated carbocycles. The van der Waals surface area contributed by atoms with Gasteiger partial charge in [-0.15, -0.1) is 0 Å². The molecule has 0 radical (unpaired) electrons. The van der Waals surface area contributed by atoms with Gasteiger partial charge in [0, 0.05) is 19.3 Å². The minimum absolute atomic E-state index is 0.440. The van der Waals surface area contributed by atoms with Crippen molar-refractivity contribution in [3.05, 3.63) is 23.9 Å². The topological polar surface area (TPSA) is 42.1 Å². The van der Waals surface area contributed by atoms with E-state index in [0.717, 1.165) is 18.8 Å². The van der Waals surface area contributed by atoms with Gasteiger partial charge in [-0.1, -0.05) is 6.07 Å². The molecule has 1 rings (SSSR count). The van der Waals surface area contributed by atoms with E-state index in [2.05, 4.69) is 29.9 Å². The lowest BCUT2D eigenvalue weighted by atomic mass is 10.2. The Morgan fingerprint density at radius 1 is 1.50 bits per heavy atom. The summed E-state index contributed by atoms with van der Waals surface area (Å²) < 4.78 is 0. The second-order valence-electron chi connectivity index (χ2n) is 3.73. The lowest BCUT2D eigenvalue weighted by Gasteiger charge is -2.25. The standard InChI is InChI=1S/C11H19N3/c1-9-4-5-11(13-8-9)14(3)10(2)6-7-12/h4-5,8,10H,6-7,12H2,1-3H3. The normalized spacial score (nSPS) is 12.6. The first kappa shape index (κ1) is 11.0. The van der Waals surface area contributed by atoms with Crippen LogP contribution in [-0.4, -0.2) is 24.6 Å². The molecule has 0 aromatic carbocycles. The zero-order valence-corrected chi connectivity index (χ0v) is 9.20. The smallest absolute Gasteiger partial charge is 0.128 e. The van der Waals surface area contributed by atoms with Gasteiger partial charge in [0.25, 0.3) is 0 Å². The Kier molecular flexibility index (Phi) is 3.89. The molecule has 3 nitrogen and oxygen atoms in total. The number of nitrogens with zero attached hydrogens (tertiary/aromatic N) is 2. The SMILES string of the molecule is Cc1ccc(N(C)C(C)CCN)nc1. The van der Waals surface area contributed by atoms with Crippen LogP contribution in [-0.2, 0) is 0 Å². The number of hydrogen-bond donors (Lipinski definition) is 1. The average Bonchev–Trinajstić information content (AvgIpc) is 2.18. The number of hydrogen-bond acceptors (Lipinski definition) is 3. The largest absolute Gasteiger partial charge is 0.357 e. The molecule has 14 heavy (non-hydrogen) atoms. The maximum absolute atomic E-state index is 5.52. The third kappa shape index (κ3) is 2.70. The fourth-order valence-corrected chi connectivity index (χ4v) is 1.33. The number of anilines is 1. The predicted molar refractivity (Wildman–Crippen MR) is 60.5 cm³/mol. The molecule has 1 aromatic rings. The monoisotopic (exact) mass is 193 g/mol. The summed E-state index contributed by atoms with van der Waals surface area (Å²) >= 11 is 0. The Bertz CT molecular complexity index is 268. The summed E-state index contributed by atoms with van der Waals surface area (Å²) in [5, 5.41) is 0. The van der Waals surface area contributed by atoms with Gasteiger partial charge in [0.15, 0.2) is 0 Å². The zero-order valence-electron chi connectivity index (χ0n) is 9.20. The van der Waals surface area contributed by atoms with E-state index in [0.29, 0.717) is 6.04 Å². The molecule has 1 aromatic heterocycles. The van der Waals surface area contributed by atoms with E-state index in [9.17, 15) is 0 Å². The molecule has 0 bridgehead atoms. The van der Waals surface area contributed by atoms with Gasteiger partial charge >= 0.3 is 0 Å². The van der Waals surface area contributed by atoms with Crippen LogP contribution in [0.1, 0.15) is 18.9 Å². The summed E-state index contributed by atoms with van der Waals surface area (Å²) in [6.45, 7) is 4.92. The summed E-state index contributed by atoms with van der Waals surface area (Å²) in [4.78, 5) is 6.53. The average molecular weight is 193 g/mol. The van der Waals surface area contributed by atoms with Crippen LogP contribution < -0.4 is 10.6 Å². The van der Waals surface area contributed by atoms with Crippen LogP contribution in [0.25, 0.3) is 0 Å². The third-order valence-electron chi connectivity index (χ3n) is 2.50. The quantitative estimate of drug-likeness (QED) is 0.789. The molecule has 1 atom stereocenters. The van der Waals surface area contributed by atoms with Gasteiger partial charge in [-0.05, 0) is 38.4 Å². The van der Waals surface area contributed by atoms with E-state index < -0.39 is 0 Å². The molecule has 0 saturated heterocycles. The van der Waals surface area contributed by atoms with Gasteiger partial charge in [-0.2, -0.15) is 0 Å². The zero-order chi connectivity index (χ0) is 10.6. The molecule has 3 heteroatoms. The van der Waals surface area contributed by atoms with Crippen molar-refractivity contribution in [2.24, 2.45) is 5.73 Å². The highest BCUT2D eigenvalue weighted by Gasteiger charge is 2.09. The van der Waals surface area contributed by atoms with Crippen LogP contribution in [0.15, 0.2) is 18.3 Å². The fourth-order valence-electron chi connectivity index (χ4n) is 1.33. The first-order valence-corrected chi connectivity index (χ1v) is 5.00. The maximum atomic E-state index is 5.52. The molecule has 1 unspecified atom stereocenters. The highest BCUT2D eigenvalue weighted by atomic mass is 15.2. The lowest BCUT2D eigenvalue weighted by molar-refractivity contribution is 0.629. The first-order chi connectivity index (χ1) is 6.65. The first-order valence-electron chi connectivity index (χ1n) is 5.00. The van der Waals surface area contributed by atoms with Gasteiger partial charge in [0.05, 0.1) is 0 Å². The van der Waals surface area contributed by atoms with Gasteiger partial charge < -0.3 is 10.6 Å². The summed E-state index contributed by atoms with van der Waals surface area (Å²) in [5.74, 6) is 1.01. The molecule has 0 spiro atoms. The Hall–Kier alpha value is -1.09. The Balaban J connectivity index is 2.68. The van der Waals surface area contributed by atoms with Crippen molar-refractivity contribution in [1.82, 2.24) is 4.98 Å². The minimum Gasteiger partial charge on any atom is -0.357 e. The summed E-state index contributed by atoms with van der Waals surface area (Å²) in [7, 11) is 2.05. The number of aryl methyl sites for hydroxylation is 1. The van der Waals surface area contributed by atoms with E-state index in [1.54, 1.807) is 0 Å². The number of rotatable bonds is 4. The highest BCUT2D eigenvalue weighted by molar-refractivity contribution is 5.39. The molecule has 2 N–H and O–H groups in total. The van der Waals surface area contributed by atoms with Crippen LogP contribution in [0.3, 0.4) is 0 Å². The number of aromatic nitrogens is 1. The van der Waals surface area contributed by atoms with Gasteiger partial charge in [-0.3, -0.25) is 0 Å². The van der Waals surface area contributed by atoms with Gasteiger partial charge in [0.1, 0.15) is 5.82 Å². The Labute approximate surface area is 85.9 Å². The number of nitrogens with two attached hydrogens (primary N) is 1. The van der Waals surface area contributed by atoms with Crippen LogP contribution in [0.4, 0.5) is 5.82 Å². The molecule has 1 heterocycles. The Morgan fingerprint density at radius 3 is 2.71 bits per heavy atom. The van der Waals surface area contributed by atoms with E-state index in [-0.39, 0.29) is 0 Å². The van der Waals surface area contributed by atoms with Crippen molar-refractivity contribution in [3.8, 4) is 0 Å². The Morgan fingerprint density at radius 2 is 2.21 bits per heavy atom. The van der Waals surface area contributed by atoms with Crippen molar-refractivity contribution in [3.63, 3.8) is 0 Å².